The van der Waals surface area contributed by atoms with Crippen LogP contribution in [0, 0.1) is 21.4 Å². The predicted octanol–water partition coefficient (Wildman–Crippen LogP) is 6.73. The number of nitrogen functional groups attached to an aromatic ring is 4. The smallest absolute Gasteiger partial charge is 0.408 e. The van der Waals surface area contributed by atoms with Gasteiger partial charge in [-0.1, -0.05) is 99.5 Å². The first-order valence-corrected chi connectivity index (χ1v) is 48.0. The van der Waals surface area contributed by atoms with Gasteiger partial charge in [0.1, 0.15) is 77.3 Å². The van der Waals surface area contributed by atoms with Crippen molar-refractivity contribution in [2.24, 2.45) is 16.7 Å². The van der Waals surface area contributed by atoms with Crippen LogP contribution in [-0.4, -0.2) is 291 Å². The van der Waals surface area contributed by atoms with Crippen LogP contribution in [0.1, 0.15) is 144 Å². The molecule has 7 aromatic heterocycles. The minimum absolute atomic E-state index is 0.0138. The normalized spacial score (nSPS) is 22.2. The number of nitrogens with zero attached hydrogens (tertiary/aromatic N) is 14. The number of Topliss-reactive ketones (excluding diaryl/α,β-unsaturated/α-hetero) is 1. The first-order chi connectivity index (χ1) is 70.3. The molecule has 0 radical (unpaired) electrons. The second-order valence-electron chi connectivity index (χ2n) is 36.8. The number of hydrogen-bond donors (Lipinski definition) is 18. The van der Waals surface area contributed by atoms with Crippen LogP contribution >= 0.6 is 48.2 Å². The SMILES string of the molecule is CC(=O)O[C@@]12CO[C@@H]1C[C@H](O)[C@@]1(C)C(=O)[C@H](O)C3=C(C)[C@@H](OC(=O)[C@H](O)[C@@H](NC(=O)OC(C)(C)C)c4ccccc4)C[C@@](O)([C@@H](OC(=O)c4ccccc4)[C@H]21)C3(C)C.CN(Cc1cnc2nc(N)nc(N)c2n1)c1ccc(C(=O)N[C@@H](CCC(=O)O)C(=O)O)cc1.Nc1ccn([C@@H]2O[C@H](CO)[C@@H](O)C2(F)F)c(=O)n1.Nc1nc(=S)c2[nH]cnc2[nH]1.O=C(O)CCCc1ccc(N(CCCl)CCCl)cc1.Sn1cnc2cncnc21. The number of carboxylic acid groups (broad SMARTS) is 3. The lowest BCUT2D eigenvalue weighted by Gasteiger charge is -2.67. The van der Waals surface area contributed by atoms with Crippen molar-refractivity contribution in [3.05, 3.63) is 207 Å². The monoisotopic (exact) mass is 2150 g/mol. The number of nitrogens with one attached hydrogen (secondary N) is 4. The molecule has 9 heterocycles. The van der Waals surface area contributed by atoms with E-state index in [2.05, 4.69) is 88.2 Å². The van der Waals surface area contributed by atoms with Crippen LogP contribution < -0.4 is 49.1 Å². The fourth-order valence-corrected chi connectivity index (χ4v) is 18.7. The number of aliphatic carboxylic acids is 3. The summed E-state index contributed by atoms with van der Waals surface area (Å²) in [6.45, 7) is 12.9. The number of aryl methyl sites for hydroxylation is 1. The number of thiol groups is 1. The molecule has 149 heavy (non-hydrogen) atoms. The third-order valence-electron chi connectivity index (χ3n) is 25.3. The number of carbonyl (C=O) groups is 9. The van der Waals surface area contributed by atoms with Gasteiger partial charge in [-0.2, -0.15) is 23.7 Å². The maximum atomic E-state index is 14.9. The molecule has 2 bridgehead atoms. The number of ether oxygens (including phenoxy) is 6. The largest absolute Gasteiger partial charge is 0.481 e. The van der Waals surface area contributed by atoms with E-state index in [1.165, 1.54) is 50.8 Å². The highest BCUT2D eigenvalue weighted by Crippen LogP contribution is 2.64. The summed E-state index contributed by atoms with van der Waals surface area (Å²) < 4.78 is 64.2. The van der Waals surface area contributed by atoms with E-state index < -0.39 is 179 Å². The summed E-state index contributed by atoms with van der Waals surface area (Å²) in [6, 6.07) is 29.1. The number of alkyl halides is 4. The van der Waals surface area contributed by atoms with Crippen molar-refractivity contribution in [3.63, 3.8) is 0 Å². The zero-order chi connectivity index (χ0) is 109. The van der Waals surface area contributed by atoms with E-state index in [0.29, 0.717) is 67.5 Å². The number of aliphatic hydroxyl groups excluding tert-OH is 5. The Labute approximate surface area is 869 Å². The molecule has 21 N–H and O–H groups in total. The Bertz CT molecular complexity index is 6780. The number of esters is 3. The van der Waals surface area contributed by atoms with E-state index in [0.717, 1.165) is 66.8 Å². The number of nitrogens with two attached hydrogens (primary N) is 4. The fourth-order valence-electron chi connectivity index (χ4n) is 17.8. The number of amides is 2. The summed E-state index contributed by atoms with van der Waals surface area (Å²) in [5.41, 5.74) is 20.2. The number of hydrogen-bond acceptors (Lipinski definition) is 40. The van der Waals surface area contributed by atoms with Crippen molar-refractivity contribution >= 4 is 170 Å². The molecule has 3 aliphatic carbocycles. The Morgan fingerprint density at radius 2 is 1.45 bits per heavy atom. The number of H-pyrrole nitrogens is 2. The summed E-state index contributed by atoms with van der Waals surface area (Å²) in [6.07, 6.45) is -7.29. The van der Waals surface area contributed by atoms with Crippen LogP contribution in [0.4, 0.5) is 48.5 Å². The van der Waals surface area contributed by atoms with E-state index in [4.69, 9.17) is 102 Å². The zero-order valence-corrected chi connectivity index (χ0v) is 85.0. The van der Waals surface area contributed by atoms with E-state index in [-0.39, 0.29) is 78.1 Å². The van der Waals surface area contributed by atoms with E-state index in [9.17, 15) is 87.4 Å². The average Bonchev–Trinajstić information content (AvgIpc) is 1.03. The van der Waals surface area contributed by atoms with Crippen molar-refractivity contribution in [1.29, 1.82) is 0 Å². The summed E-state index contributed by atoms with van der Waals surface area (Å²) in [5, 5.41) is 98.5. The highest BCUT2D eigenvalue weighted by atomic mass is 35.5. The number of carbonyl (C=O) groups excluding carboxylic acids is 6. The van der Waals surface area contributed by atoms with Crippen molar-refractivity contribution in [1.82, 2.24) is 79.0 Å². The number of imidazole rings is 2. The van der Waals surface area contributed by atoms with Gasteiger partial charge in [0.25, 0.3) is 5.91 Å². The van der Waals surface area contributed by atoms with Crippen molar-refractivity contribution in [2.75, 3.05) is 77.8 Å². The van der Waals surface area contributed by atoms with Gasteiger partial charge in [-0.3, -0.25) is 32.5 Å². The van der Waals surface area contributed by atoms with E-state index >= 15 is 0 Å². The van der Waals surface area contributed by atoms with E-state index in [1.54, 1.807) is 118 Å². The van der Waals surface area contributed by atoms with Crippen molar-refractivity contribution < 1.29 is 126 Å². The summed E-state index contributed by atoms with van der Waals surface area (Å²) in [5.74, 6) is -11.4. The number of benzene rings is 4. The third kappa shape index (κ3) is 27.1. The van der Waals surface area contributed by atoms with E-state index in [1.807, 2.05) is 36.2 Å². The van der Waals surface area contributed by atoms with Crippen LogP contribution in [0.15, 0.2) is 169 Å². The molecule has 16 rings (SSSR count). The number of aromatic amines is 2. The molecule has 5 aliphatic rings. The number of aliphatic hydroxyl groups is 6. The molecule has 2 amide bonds. The van der Waals surface area contributed by atoms with Gasteiger partial charge in [-0.25, -0.2) is 58.9 Å². The van der Waals surface area contributed by atoms with Gasteiger partial charge in [0.15, 0.2) is 56.5 Å². The molecule has 47 nitrogen and oxygen atoms in total. The molecular formula is C96H114Cl2F2N22O25S2. The van der Waals surface area contributed by atoms with Crippen molar-refractivity contribution in [2.45, 2.75) is 197 Å². The molecule has 2 aliphatic heterocycles. The second kappa shape index (κ2) is 49.3. The lowest BCUT2D eigenvalue weighted by Crippen LogP contribution is -2.81. The topological polar surface area (TPSA) is 713 Å². The molecular weight excluding hydrogens is 2030 g/mol. The minimum Gasteiger partial charge on any atom is -0.481 e. The second-order valence-corrected chi connectivity index (χ2v) is 38.4. The molecule has 0 spiro atoms. The highest BCUT2D eigenvalue weighted by Gasteiger charge is 2.78. The fraction of sp³-hybridized carbons (Fsp3) is 0.427. The van der Waals surface area contributed by atoms with Crippen LogP contribution in [0.5, 0.6) is 0 Å². The molecule has 4 fully saturated rings. The highest BCUT2D eigenvalue weighted by molar-refractivity contribution is 7.78. The number of rotatable bonds is 28. The van der Waals surface area contributed by atoms with Crippen LogP contribution in [-0.2, 0) is 70.2 Å². The number of ketones is 1. The maximum Gasteiger partial charge on any atom is 0.408 e. The Morgan fingerprint density at radius 1 is 0.799 bits per heavy atom. The average molecular weight is 2150 g/mol. The molecule has 2 saturated heterocycles. The first-order valence-electron chi connectivity index (χ1n) is 46.1. The Balaban J connectivity index is 0.000000192. The van der Waals surface area contributed by atoms with Gasteiger partial charge in [-0.15, -0.1) is 23.2 Å². The molecule has 11 aromatic rings. The Hall–Kier alpha value is -14.3. The Morgan fingerprint density at radius 3 is 2.04 bits per heavy atom. The number of fused-ring (bicyclic) bond motifs is 8. The standard InChI is InChI=1S/C43H53NO14.C20H22N8O5.C14H19Cl2NO2.C9H11F2N3O4.C5H5N5S.C5H4N4S/c1-22-26(55-37(51)32(48)30(24-15-11-9-12-16-24)44-38(52)58-39(3,4)5)20-43(53)35(56-36(50)25-17-13-10-14-18-25)33-41(8,34(49)31(47)29(22)40(43,6)7)27(46)19-28-42(33,21-54-28)57-23(2)45;1-28(9-11-8-23-17-15(24-11)16(21)26-20(22)27-17)12-4-2-10(3-5-12)18(31)25-13(19(32)33)6-7-14(29)30;15-8-10-17(11-9-16)13-6-4-12(5-7-13)2-1-3-14(18)19;10-9(11)6(16)4(3-15)18-7(9)14-2-1-5(12)13-8(14)17;6-5-9-3-2(4(11)10-5)7-1-8-3;10-9-3-8-4-1-6-2-7-5(4)9/h9-18,26-28,30-33,35,46-48,53H,19-21H2,1-8H3,(H,44,52);2-5,8,13H,6-7,9H2,1H3,(H,25,31)(H,29,30)(H,32,33)(H4,21,22,23,26,27);4-7H,1-3,8-11H2,(H,18,19);1-2,4,6-7,15-16H,3H2,(H2,12,13,17);1H,(H4,6,7,8,9,10,11);1-3,10H/t26-,27-,28+,30-,31+,32+,33-,35-,41+,42-,43+;13-;;4-,6-,7-;;/m00.1../s1. The van der Waals surface area contributed by atoms with Gasteiger partial charge >= 0.3 is 53.5 Å². The number of carboxylic acids is 3. The third-order valence-corrected chi connectivity index (χ3v) is 26.3. The molecule has 2 saturated carbocycles. The predicted molar refractivity (Wildman–Crippen MR) is 541 cm³/mol. The van der Waals surface area contributed by atoms with Gasteiger partial charge < -0.3 is 128 Å². The summed E-state index contributed by atoms with van der Waals surface area (Å²) in [7, 11) is 1.82. The van der Waals surface area contributed by atoms with Crippen molar-refractivity contribution in [3.8, 4) is 0 Å². The van der Waals surface area contributed by atoms with Crippen LogP contribution in [0.2, 0.25) is 0 Å². The lowest BCUT2D eigenvalue weighted by atomic mass is 9.44. The lowest BCUT2D eigenvalue weighted by molar-refractivity contribution is -0.346. The minimum atomic E-state index is -3.71. The van der Waals surface area contributed by atoms with Gasteiger partial charge in [-0.05, 0) is 131 Å². The summed E-state index contributed by atoms with van der Waals surface area (Å²) >= 11 is 20.5. The molecule has 53 heteroatoms. The number of alkyl carbamates (subject to hydrolysis) is 1. The zero-order valence-electron chi connectivity index (χ0n) is 81.8. The van der Waals surface area contributed by atoms with Gasteiger partial charge in [0.2, 0.25) is 18.1 Å². The van der Waals surface area contributed by atoms with Crippen LogP contribution in [0.25, 0.3) is 33.5 Å². The number of aromatic nitrogens is 14. The molecule has 15 atom stereocenters. The maximum absolute atomic E-state index is 14.9. The first kappa shape index (κ1) is 115. The number of halogens is 4. The summed E-state index contributed by atoms with van der Waals surface area (Å²) in [4.78, 5) is 174. The number of anilines is 6. The van der Waals surface area contributed by atoms with Crippen LogP contribution in [0.3, 0.4) is 0 Å². The quantitative estimate of drug-likeness (QED) is 0.00603. The van der Waals surface area contributed by atoms with Gasteiger partial charge in [0.05, 0.1) is 73.2 Å². The Kier molecular flexibility index (Phi) is 38.0. The van der Waals surface area contributed by atoms with Gasteiger partial charge in [0, 0.05) is 93.1 Å². The molecule has 4 aromatic carbocycles. The molecule has 0 unspecified atom stereocenters. The molecule has 798 valence electrons.